The second-order valence-electron chi connectivity index (χ2n) is 6.51. The fourth-order valence-corrected chi connectivity index (χ4v) is 3.17. The van der Waals surface area contributed by atoms with Crippen molar-refractivity contribution < 1.29 is 19.1 Å². The summed E-state index contributed by atoms with van der Waals surface area (Å²) in [4.78, 5) is 18.3. The molecule has 2 aromatic carbocycles. The Hall–Kier alpha value is -2.21. The highest BCUT2D eigenvalue weighted by molar-refractivity contribution is 5.73. The fourth-order valence-electron chi connectivity index (χ4n) is 3.17. The Morgan fingerprint density at radius 2 is 1.73 bits per heavy atom. The highest BCUT2D eigenvalue weighted by Crippen LogP contribution is 2.27. The van der Waals surface area contributed by atoms with E-state index in [0.29, 0.717) is 19.7 Å². The molecule has 3 rings (SSSR count). The molecule has 1 aliphatic rings. The molecule has 0 saturated carbocycles. The van der Waals surface area contributed by atoms with Crippen LogP contribution in [0.4, 0.5) is 0 Å². The van der Waals surface area contributed by atoms with Gasteiger partial charge in [0.25, 0.3) is 0 Å². The molecule has 0 aromatic heterocycles. The van der Waals surface area contributed by atoms with Crippen molar-refractivity contribution in [3.05, 3.63) is 71.8 Å². The SMILES string of the molecule is COC(=O)[C@@H]1CN(Cc2ccccc2)O[C@H]1[C@H](C)OCc1ccccc1. The molecule has 0 spiro atoms. The topological polar surface area (TPSA) is 48.0 Å². The summed E-state index contributed by atoms with van der Waals surface area (Å²) in [5.41, 5.74) is 2.22. The first-order valence-electron chi connectivity index (χ1n) is 8.86. The third kappa shape index (κ3) is 4.69. The van der Waals surface area contributed by atoms with Gasteiger partial charge in [0, 0.05) is 13.1 Å². The number of benzene rings is 2. The number of hydrogen-bond donors (Lipinski definition) is 0. The van der Waals surface area contributed by atoms with E-state index < -0.39 is 0 Å². The van der Waals surface area contributed by atoms with Crippen molar-refractivity contribution in [1.82, 2.24) is 5.06 Å². The number of nitrogens with zero attached hydrogens (tertiary/aromatic N) is 1. The van der Waals surface area contributed by atoms with Crippen LogP contribution in [-0.4, -0.2) is 36.9 Å². The largest absolute Gasteiger partial charge is 0.469 e. The van der Waals surface area contributed by atoms with Crippen molar-refractivity contribution in [2.45, 2.75) is 32.3 Å². The van der Waals surface area contributed by atoms with Crippen molar-refractivity contribution in [3.8, 4) is 0 Å². The zero-order chi connectivity index (χ0) is 18.4. The average molecular weight is 355 g/mol. The molecule has 0 amide bonds. The van der Waals surface area contributed by atoms with Gasteiger partial charge < -0.3 is 9.47 Å². The molecule has 2 aromatic rings. The molecule has 0 radical (unpaired) electrons. The molecule has 138 valence electrons. The number of ether oxygens (including phenoxy) is 2. The molecular formula is C21H25NO4. The lowest BCUT2D eigenvalue weighted by molar-refractivity contribution is -0.190. The Morgan fingerprint density at radius 1 is 1.12 bits per heavy atom. The summed E-state index contributed by atoms with van der Waals surface area (Å²) in [5, 5.41) is 1.82. The lowest BCUT2D eigenvalue weighted by Crippen LogP contribution is -2.36. The van der Waals surface area contributed by atoms with Crippen LogP contribution in [-0.2, 0) is 32.3 Å². The second kappa shape index (κ2) is 8.94. The van der Waals surface area contributed by atoms with Gasteiger partial charge >= 0.3 is 5.97 Å². The minimum Gasteiger partial charge on any atom is -0.469 e. The van der Waals surface area contributed by atoms with Crippen LogP contribution in [0.15, 0.2) is 60.7 Å². The maximum Gasteiger partial charge on any atom is 0.312 e. The van der Waals surface area contributed by atoms with Crippen LogP contribution in [0.1, 0.15) is 18.1 Å². The van der Waals surface area contributed by atoms with Gasteiger partial charge in [-0.25, -0.2) is 0 Å². The first-order valence-corrected chi connectivity index (χ1v) is 8.86. The molecule has 5 heteroatoms. The van der Waals surface area contributed by atoms with Gasteiger partial charge in [0.15, 0.2) is 0 Å². The molecule has 0 unspecified atom stereocenters. The molecule has 1 aliphatic heterocycles. The van der Waals surface area contributed by atoms with Gasteiger partial charge in [-0.2, -0.15) is 5.06 Å². The van der Waals surface area contributed by atoms with Gasteiger partial charge in [0.1, 0.15) is 12.0 Å². The van der Waals surface area contributed by atoms with Crippen molar-refractivity contribution in [2.24, 2.45) is 5.92 Å². The van der Waals surface area contributed by atoms with Crippen LogP contribution in [0.5, 0.6) is 0 Å². The van der Waals surface area contributed by atoms with Crippen molar-refractivity contribution in [1.29, 1.82) is 0 Å². The number of carbonyl (C=O) groups is 1. The summed E-state index contributed by atoms with van der Waals surface area (Å²) in [6.07, 6.45) is -0.602. The minimum absolute atomic E-state index is 0.236. The highest BCUT2D eigenvalue weighted by atomic mass is 16.7. The summed E-state index contributed by atoms with van der Waals surface area (Å²) < 4.78 is 11.0. The second-order valence-corrected chi connectivity index (χ2v) is 6.51. The molecule has 1 fully saturated rings. The van der Waals surface area contributed by atoms with E-state index >= 15 is 0 Å². The smallest absolute Gasteiger partial charge is 0.312 e. The van der Waals surface area contributed by atoms with E-state index in [4.69, 9.17) is 14.3 Å². The molecule has 3 atom stereocenters. The number of methoxy groups -OCH3 is 1. The molecule has 1 saturated heterocycles. The Bertz CT molecular complexity index is 692. The molecule has 1 heterocycles. The third-order valence-corrected chi connectivity index (χ3v) is 4.59. The van der Waals surface area contributed by atoms with E-state index in [0.717, 1.165) is 11.1 Å². The fraction of sp³-hybridized carbons (Fsp3) is 0.381. The third-order valence-electron chi connectivity index (χ3n) is 4.59. The predicted octanol–water partition coefficient (Wildman–Crippen LogP) is 3.20. The van der Waals surface area contributed by atoms with Crippen LogP contribution in [0.3, 0.4) is 0 Å². The van der Waals surface area contributed by atoms with Crippen LogP contribution in [0.25, 0.3) is 0 Å². The normalized spacial score (nSPS) is 21.5. The van der Waals surface area contributed by atoms with Gasteiger partial charge in [-0.1, -0.05) is 60.7 Å². The Morgan fingerprint density at radius 3 is 2.35 bits per heavy atom. The summed E-state index contributed by atoms with van der Waals surface area (Å²) in [5.74, 6) is -0.629. The Labute approximate surface area is 154 Å². The predicted molar refractivity (Wildman–Crippen MR) is 97.9 cm³/mol. The Kier molecular flexibility index (Phi) is 6.39. The summed E-state index contributed by atoms with van der Waals surface area (Å²) in [6, 6.07) is 20.0. The molecule has 0 aliphatic carbocycles. The quantitative estimate of drug-likeness (QED) is 0.714. The van der Waals surface area contributed by atoms with Gasteiger partial charge in [-0.15, -0.1) is 0 Å². The van der Waals surface area contributed by atoms with Crippen molar-refractivity contribution >= 4 is 5.97 Å². The lowest BCUT2D eigenvalue weighted by Gasteiger charge is -2.23. The number of esters is 1. The van der Waals surface area contributed by atoms with Gasteiger partial charge in [-0.3, -0.25) is 9.63 Å². The number of rotatable bonds is 7. The van der Waals surface area contributed by atoms with Gasteiger partial charge in [-0.05, 0) is 18.1 Å². The molecule has 0 N–H and O–H groups in total. The van der Waals surface area contributed by atoms with E-state index in [1.807, 2.05) is 72.7 Å². The molecule has 0 bridgehead atoms. The average Bonchev–Trinajstić information content (AvgIpc) is 3.11. The molecular weight excluding hydrogens is 330 g/mol. The van der Waals surface area contributed by atoms with E-state index in [9.17, 15) is 4.79 Å². The van der Waals surface area contributed by atoms with Crippen LogP contribution in [0, 0.1) is 5.92 Å². The monoisotopic (exact) mass is 355 g/mol. The Balaban J connectivity index is 1.63. The van der Waals surface area contributed by atoms with Crippen molar-refractivity contribution in [2.75, 3.05) is 13.7 Å². The first kappa shape index (κ1) is 18.6. The van der Waals surface area contributed by atoms with Gasteiger partial charge in [0.05, 0.1) is 19.8 Å². The highest BCUT2D eigenvalue weighted by Gasteiger charge is 2.43. The van der Waals surface area contributed by atoms with Gasteiger partial charge in [0.2, 0.25) is 0 Å². The first-order chi connectivity index (χ1) is 12.7. The number of carbonyl (C=O) groups excluding carboxylic acids is 1. The number of hydroxylamine groups is 2. The van der Waals surface area contributed by atoms with E-state index in [2.05, 4.69) is 0 Å². The molecule has 26 heavy (non-hydrogen) atoms. The summed E-state index contributed by atoms with van der Waals surface area (Å²) in [7, 11) is 1.41. The van der Waals surface area contributed by atoms with E-state index in [1.54, 1.807) is 0 Å². The van der Waals surface area contributed by atoms with Crippen LogP contribution < -0.4 is 0 Å². The van der Waals surface area contributed by atoms with Crippen LogP contribution in [0.2, 0.25) is 0 Å². The van der Waals surface area contributed by atoms with Crippen molar-refractivity contribution in [3.63, 3.8) is 0 Å². The maximum atomic E-state index is 12.2. The summed E-state index contributed by atoms with van der Waals surface area (Å²) in [6.45, 7) is 3.53. The zero-order valence-electron chi connectivity index (χ0n) is 15.2. The maximum absolute atomic E-state index is 12.2. The number of hydrogen-bond acceptors (Lipinski definition) is 5. The van der Waals surface area contributed by atoms with E-state index in [1.165, 1.54) is 7.11 Å². The van der Waals surface area contributed by atoms with Crippen LogP contribution >= 0.6 is 0 Å². The lowest BCUT2D eigenvalue weighted by atomic mass is 9.99. The minimum atomic E-state index is -0.366. The zero-order valence-corrected chi connectivity index (χ0v) is 15.2. The summed E-state index contributed by atoms with van der Waals surface area (Å²) >= 11 is 0. The van der Waals surface area contributed by atoms with E-state index in [-0.39, 0.29) is 24.1 Å². The standard InChI is InChI=1S/C21H25NO4/c1-16(25-15-18-11-7-4-8-12-18)20-19(21(23)24-2)14-22(26-20)13-17-9-5-3-6-10-17/h3-12,16,19-20H,13-15H2,1-2H3/t16-,19+,20-/m0/s1. The molecule has 5 nitrogen and oxygen atoms in total.